The zero-order valence-electron chi connectivity index (χ0n) is 11.0. The van der Waals surface area contributed by atoms with Gasteiger partial charge in [0.15, 0.2) is 0 Å². The number of nitrogens with one attached hydrogen (secondary N) is 1. The first kappa shape index (κ1) is 16.2. The van der Waals surface area contributed by atoms with Gasteiger partial charge >= 0.3 is 0 Å². The summed E-state index contributed by atoms with van der Waals surface area (Å²) in [6, 6.07) is 4.70. The summed E-state index contributed by atoms with van der Waals surface area (Å²) in [5.41, 5.74) is 5.74. The molecule has 0 aromatic heterocycles. The third-order valence-corrected chi connectivity index (χ3v) is 6.17. The fraction of sp³-hybridized carbons (Fsp3) is 0.538. The van der Waals surface area contributed by atoms with E-state index in [9.17, 15) is 8.42 Å². The molecule has 0 aliphatic heterocycles. The third-order valence-electron chi connectivity index (χ3n) is 3.70. The molecule has 1 saturated carbocycles. The van der Waals surface area contributed by atoms with Crippen molar-refractivity contribution in [2.75, 3.05) is 6.54 Å². The van der Waals surface area contributed by atoms with Crippen LogP contribution in [0.25, 0.3) is 0 Å². The van der Waals surface area contributed by atoms with Crippen molar-refractivity contribution in [3.8, 4) is 0 Å². The quantitative estimate of drug-likeness (QED) is 0.842. The van der Waals surface area contributed by atoms with Crippen molar-refractivity contribution in [3.05, 3.63) is 27.7 Å². The highest BCUT2D eigenvalue weighted by molar-refractivity contribution is 9.10. The molecule has 2 atom stereocenters. The Balaban J connectivity index is 2.24. The van der Waals surface area contributed by atoms with Gasteiger partial charge in [-0.2, -0.15) is 0 Å². The third kappa shape index (κ3) is 3.74. The van der Waals surface area contributed by atoms with Gasteiger partial charge < -0.3 is 5.73 Å². The molecule has 0 heterocycles. The fourth-order valence-electron chi connectivity index (χ4n) is 2.59. The second-order valence-corrected chi connectivity index (χ2v) is 8.09. The first-order chi connectivity index (χ1) is 9.44. The molecule has 1 aliphatic carbocycles. The van der Waals surface area contributed by atoms with E-state index in [1.807, 2.05) is 0 Å². The molecule has 0 spiro atoms. The van der Waals surface area contributed by atoms with Crippen LogP contribution in [0.3, 0.4) is 0 Å². The Labute approximate surface area is 133 Å². The van der Waals surface area contributed by atoms with Crippen LogP contribution < -0.4 is 10.5 Å². The van der Waals surface area contributed by atoms with E-state index in [-0.39, 0.29) is 21.9 Å². The number of nitrogens with two attached hydrogens (primary N) is 1. The maximum atomic E-state index is 12.5. The van der Waals surface area contributed by atoms with Gasteiger partial charge in [-0.15, -0.1) is 0 Å². The van der Waals surface area contributed by atoms with Gasteiger partial charge in [0, 0.05) is 10.5 Å². The van der Waals surface area contributed by atoms with Crippen LogP contribution in [0.5, 0.6) is 0 Å². The molecule has 3 N–H and O–H groups in total. The fourth-order valence-corrected chi connectivity index (χ4v) is 4.97. The molecule has 0 bridgehead atoms. The first-order valence-electron chi connectivity index (χ1n) is 6.61. The molecule has 1 aliphatic rings. The summed E-state index contributed by atoms with van der Waals surface area (Å²) in [4.78, 5) is 0.106. The lowest BCUT2D eigenvalue weighted by Crippen LogP contribution is -2.44. The van der Waals surface area contributed by atoms with Gasteiger partial charge in [-0.3, -0.25) is 0 Å². The normalized spacial score (nSPS) is 23.8. The van der Waals surface area contributed by atoms with E-state index in [0.717, 1.165) is 25.7 Å². The van der Waals surface area contributed by atoms with E-state index in [4.69, 9.17) is 17.3 Å². The topological polar surface area (TPSA) is 72.2 Å². The maximum absolute atomic E-state index is 12.5. The summed E-state index contributed by atoms with van der Waals surface area (Å²) in [7, 11) is -3.62. The molecule has 2 unspecified atom stereocenters. The van der Waals surface area contributed by atoms with Gasteiger partial charge in [0.05, 0.1) is 5.02 Å². The zero-order valence-corrected chi connectivity index (χ0v) is 14.1. The van der Waals surface area contributed by atoms with Gasteiger partial charge in [0.25, 0.3) is 0 Å². The van der Waals surface area contributed by atoms with Crippen molar-refractivity contribution < 1.29 is 8.42 Å². The van der Waals surface area contributed by atoms with Crippen LogP contribution in [0, 0.1) is 5.92 Å². The molecule has 1 aromatic rings. The van der Waals surface area contributed by atoms with E-state index in [1.165, 1.54) is 6.07 Å². The molecule has 112 valence electrons. The Morgan fingerprint density at radius 2 is 2.05 bits per heavy atom. The Morgan fingerprint density at radius 3 is 2.75 bits per heavy atom. The molecule has 0 amide bonds. The lowest BCUT2D eigenvalue weighted by atomic mass is 9.85. The standard InChI is InChI=1S/C13H18BrClN2O2S/c14-10-5-6-11(15)13(7-10)20(18,19)17-12-4-2-1-3-9(12)8-16/h5-7,9,12,17H,1-4,8,16H2. The summed E-state index contributed by atoms with van der Waals surface area (Å²) in [5, 5.41) is 0.223. The van der Waals surface area contributed by atoms with Crippen LogP contribution >= 0.6 is 27.5 Å². The summed E-state index contributed by atoms with van der Waals surface area (Å²) in [6.07, 6.45) is 3.93. The van der Waals surface area contributed by atoms with Crippen molar-refractivity contribution in [1.82, 2.24) is 4.72 Å². The van der Waals surface area contributed by atoms with Crippen LogP contribution in [0.1, 0.15) is 25.7 Å². The monoisotopic (exact) mass is 380 g/mol. The van der Waals surface area contributed by atoms with Gasteiger partial charge in [-0.05, 0) is 43.5 Å². The molecule has 2 rings (SSSR count). The van der Waals surface area contributed by atoms with Crippen LogP contribution in [0.4, 0.5) is 0 Å². The number of sulfonamides is 1. The van der Waals surface area contributed by atoms with Gasteiger partial charge in [0.2, 0.25) is 10.0 Å². The molecule has 1 aromatic carbocycles. The Kier molecular flexibility index (Phi) is 5.48. The van der Waals surface area contributed by atoms with E-state index in [2.05, 4.69) is 20.7 Å². The number of hydrogen-bond donors (Lipinski definition) is 2. The van der Waals surface area contributed by atoms with E-state index in [0.29, 0.717) is 11.0 Å². The Bertz CT molecular complexity index is 580. The average molecular weight is 382 g/mol. The number of halogens is 2. The molecular weight excluding hydrogens is 364 g/mol. The van der Waals surface area contributed by atoms with Crippen molar-refractivity contribution in [3.63, 3.8) is 0 Å². The highest BCUT2D eigenvalue weighted by Gasteiger charge is 2.29. The Morgan fingerprint density at radius 1 is 1.35 bits per heavy atom. The van der Waals surface area contributed by atoms with E-state index >= 15 is 0 Å². The molecule has 1 fully saturated rings. The minimum atomic E-state index is -3.62. The summed E-state index contributed by atoms with van der Waals surface area (Å²) >= 11 is 9.27. The van der Waals surface area contributed by atoms with Crippen molar-refractivity contribution >= 4 is 37.6 Å². The lowest BCUT2D eigenvalue weighted by molar-refractivity contribution is 0.296. The lowest BCUT2D eigenvalue weighted by Gasteiger charge is -2.31. The second kappa shape index (κ2) is 6.75. The molecule has 20 heavy (non-hydrogen) atoms. The highest BCUT2D eigenvalue weighted by Crippen LogP contribution is 2.28. The van der Waals surface area contributed by atoms with Crippen molar-refractivity contribution in [2.45, 2.75) is 36.6 Å². The van der Waals surface area contributed by atoms with Gasteiger partial charge in [0.1, 0.15) is 4.90 Å². The number of rotatable bonds is 4. The van der Waals surface area contributed by atoms with Crippen LogP contribution in [-0.2, 0) is 10.0 Å². The first-order valence-corrected chi connectivity index (χ1v) is 9.27. The summed E-state index contributed by atoms with van der Waals surface area (Å²) < 4.78 is 28.4. The van der Waals surface area contributed by atoms with Crippen LogP contribution in [0.2, 0.25) is 5.02 Å². The van der Waals surface area contributed by atoms with Crippen LogP contribution in [-0.4, -0.2) is 21.0 Å². The summed E-state index contributed by atoms with van der Waals surface area (Å²) in [5.74, 6) is 0.199. The number of hydrogen-bond acceptors (Lipinski definition) is 3. The molecule has 7 heteroatoms. The van der Waals surface area contributed by atoms with Crippen molar-refractivity contribution in [2.24, 2.45) is 11.7 Å². The molecule has 0 radical (unpaired) electrons. The number of benzene rings is 1. The van der Waals surface area contributed by atoms with E-state index in [1.54, 1.807) is 12.1 Å². The predicted molar refractivity (Wildman–Crippen MR) is 84.3 cm³/mol. The van der Waals surface area contributed by atoms with Crippen LogP contribution in [0.15, 0.2) is 27.6 Å². The SMILES string of the molecule is NCC1CCCCC1NS(=O)(=O)c1cc(Br)ccc1Cl. The minimum Gasteiger partial charge on any atom is -0.330 e. The second-order valence-electron chi connectivity index (χ2n) is 5.08. The largest absolute Gasteiger partial charge is 0.330 e. The smallest absolute Gasteiger partial charge is 0.242 e. The average Bonchev–Trinajstić information content (AvgIpc) is 2.41. The molecule has 0 saturated heterocycles. The van der Waals surface area contributed by atoms with Gasteiger partial charge in [-0.25, -0.2) is 13.1 Å². The maximum Gasteiger partial charge on any atom is 0.242 e. The zero-order chi connectivity index (χ0) is 14.8. The Hall–Kier alpha value is -0.140. The highest BCUT2D eigenvalue weighted by atomic mass is 79.9. The van der Waals surface area contributed by atoms with Gasteiger partial charge in [-0.1, -0.05) is 40.4 Å². The van der Waals surface area contributed by atoms with E-state index < -0.39 is 10.0 Å². The van der Waals surface area contributed by atoms with Crippen molar-refractivity contribution in [1.29, 1.82) is 0 Å². The predicted octanol–water partition coefficient (Wildman–Crippen LogP) is 2.90. The molecular formula is C13H18BrClN2O2S. The minimum absolute atomic E-state index is 0.103. The molecule has 4 nitrogen and oxygen atoms in total. The summed E-state index contributed by atoms with van der Waals surface area (Å²) in [6.45, 7) is 0.499.